The van der Waals surface area contributed by atoms with Gasteiger partial charge in [0, 0.05) is 24.6 Å². The molecule has 3 aromatic rings. The summed E-state index contributed by atoms with van der Waals surface area (Å²) in [5.74, 6) is 1.38. The van der Waals surface area contributed by atoms with Crippen LogP contribution in [0.5, 0.6) is 0 Å². The highest BCUT2D eigenvalue weighted by Gasteiger charge is 2.28. The molecule has 0 aliphatic carbocycles. The van der Waals surface area contributed by atoms with Crippen LogP contribution in [0.2, 0.25) is 0 Å². The summed E-state index contributed by atoms with van der Waals surface area (Å²) in [5.41, 5.74) is 2.84. The lowest BCUT2D eigenvalue weighted by Crippen LogP contribution is -2.38. The average Bonchev–Trinajstić information content (AvgIpc) is 3.38. The predicted octanol–water partition coefficient (Wildman–Crippen LogP) is 4.65. The predicted molar refractivity (Wildman–Crippen MR) is 105 cm³/mol. The summed E-state index contributed by atoms with van der Waals surface area (Å²) in [5, 5.41) is 8.30. The molecular formula is C22H25N3O3. The second-order valence-corrected chi connectivity index (χ2v) is 8.35. The number of nitrogens with zero attached hydrogens (tertiary/aromatic N) is 3. The van der Waals surface area contributed by atoms with Crippen LogP contribution in [0.1, 0.15) is 61.3 Å². The Morgan fingerprint density at radius 1 is 1.07 bits per heavy atom. The third-order valence-corrected chi connectivity index (χ3v) is 5.34. The van der Waals surface area contributed by atoms with Crippen molar-refractivity contribution in [3.8, 4) is 11.5 Å². The first-order valence-electron chi connectivity index (χ1n) is 9.67. The van der Waals surface area contributed by atoms with E-state index in [1.807, 2.05) is 17.0 Å². The van der Waals surface area contributed by atoms with Crippen LogP contribution in [-0.2, 0) is 5.41 Å². The van der Waals surface area contributed by atoms with Gasteiger partial charge < -0.3 is 13.7 Å². The summed E-state index contributed by atoms with van der Waals surface area (Å²) in [6, 6.07) is 9.77. The summed E-state index contributed by atoms with van der Waals surface area (Å²) < 4.78 is 10.9. The largest absolute Gasteiger partial charge is 0.472 e. The molecule has 6 heteroatoms. The smallest absolute Gasteiger partial charge is 0.253 e. The van der Waals surface area contributed by atoms with Crippen molar-refractivity contribution in [1.82, 2.24) is 15.1 Å². The highest BCUT2D eigenvalue weighted by atomic mass is 16.4. The number of amides is 1. The van der Waals surface area contributed by atoms with Crippen molar-refractivity contribution in [2.24, 2.45) is 0 Å². The van der Waals surface area contributed by atoms with Crippen molar-refractivity contribution in [2.45, 2.75) is 44.9 Å². The molecule has 0 unspecified atom stereocenters. The first-order chi connectivity index (χ1) is 13.4. The van der Waals surface area contributed by atoms with Crippen molar-refractivity contribution < 1.29 is 13.6 Å². The zero-order valence-corrected chi connectivity index (χ0v) is 16.5. The zero-order valence-electron chi connectivity index (χ0n) is 16.5. The number of hydrogen-bond acceptors (Lipinski definition) is 5. The normalized spacial score (nSPS) is 15.8. The topological polar surface area (TPSA) is 72.4 Å². The maximum Gasteiger partial charge on any atom is 0.253 e. The van der Waals surface area contributed by atoms with Crippen molar-refractivity contribution in [2.75, 3.05) is 13.1 Å². The van der Waals surface area contributed by atoms with Crippen molar-refractivity contribution in [3.05, 3.63) is 59.9 Å². The summed E-state index contributed by atoms with van der Waals surface area (Å²) in [6.07, 6.45) is 4.80. The fourth-order valence-corrected chi connectivity index (χ4v) is 3.53. The van der Waals surface area contributed by atoms with Gasteiger partial charge in [-0.1, -0.05) is 32.9 Å². The van der Waals surface area contributed by atoms with Gasteiger partial charge in [-0.25, -0.2) is 0 Å². The molecule has 0 saturated carbocycles. The lowest BCUT2D eigenvalue weighted by molar-refractivity contribution is 0.0706. The number of aromatic nitrogens is 2. The number of hydrogen-bond donors (Lipinski definition) is 0. The molecular weight excluding hydrogens is 354 g/mol. The van der Waals surface area contributed by atoms with Gasteiger partial charge in [0.05, 0.1) is 11.8 Å². The molecule has 0 spiro atoms. The lowest BCUT2D eigenvalue weighted by Gasteiger charge is -2.30. The van der Waals surface area contributed by atoms with Crippen LogP contribution in [-0.4, -0.2) is 34.1 Å². The Hall–Kier alpha value is -2.89. The van der Waals surface area contributed by atoms with Crippen LogP contribution < -0.4 is 0 Å². The third kappa shape index (κ3) is 3.72. The maximum absolute atomic E-state index is 12.8. The summed E-state index contributed by atoms with van der Waals surface area (Å²) in [4.78, 5) is 14.7. The number of piperidine rings is 1. The van der Waals surface area contributed by atoms with Crippen molar-refractivity contribution in [1.29, 1.82) is 0 Å². The Labute approximate surface area is 164 Å². The number of carbonyl (C=O) groups excluding carboxylic acids is 1. The fraction of sp³-hybridized carbons (Fsp3) is 0.409. The second-order valence-electron chi connectivity index (χ2n) is 8.35. The minimum Gasteiger partial charge on any atom is -0.472 e. The van der Waals surface area contributed by atoms with E-state index in [0.717, 1.165) is 24.0 Å². The second kappa shape index (κ2) is 7.26. The van der Waals surface area contributed by atoms with Crippen LogP contribution in [0.15, 0.2) is 51.7 Å². The van der Waals surface area contributed by atoms with E-state index in [4.69, 9.17) is 8.83 Å². The first-order valence-corrected chi connectivity index (χ1v) is 9.67. The van der Waals surface area contributed by atoms with E-state index < -0.39 is 0 Å². The van der Waals surface area contributed by atoms with Gasteiger partial charge in [0.15, 0.2) is 0 Å². The van der Waals surface area contributed by atoms with Gasteiger partial charge in [0.25, 0.3) is 11.8 Å². The number of likely N-dealkylation sites (tertiary alicyclic amines) is 1. The molecule has 6 nitrogen and oxygen atoms in total. The van der Waals surface area contributed by atoms with E-state index in [1.165, 1.54) is 5.56 Å². The molecule has 0 N–H and O–H groups in total. The highest BCUT2D eigenvalue weighted by molar-refractivity contribution is 5.94. The maximum atomic E-state index is 12.8. The number of carbonyl (C=O) groups is 1. The van der Waals surface area contributed by atoms with Crippen LogP contribution in [0.4, 0.5) is 0 Å². The molecule has 3 heterocycles. The molecule has 0 bridgehead atoms. The zero-order chi connectivity index (χ0) is 19.7. The van der Waals surface area contributed by atoms with Crippen LogP contribution in [0.3, 0.4) is 0 Å². The average molecular weight is 379 g/mol. The van der Waals surface area contributed by atoms with E-state index in [2.05, 4.69) is 43.1 Å². The molecule has 1 aromatic carbocycles. The highest BCUT2D eigenvalue weighted by Crippen LogP contribution is 2.30. The van der Waals surface area contributed by atoms with Gasteiger partial charge in [-0.05, 0) is 42.0 Å². The number of furan rings is 1. The Balaban J connectivity index is 1.38. The van der Waals surface area contributed by atoms with E-state index in [9.17, 15) is 4.79 Å². The molecule has 1 aliphatic rings. The molecule has 1 saturated heterocycles. The Kier molecular flexibility index (Phi) is 4.79. The van der Waals surface area contributed by atoms with Crippen LogP contribution >= 0.6 is 0 Å². The summed E-state index contributed by atoms with van der Waals surface area (Å²) >= 11 is 0. The van der Waals surface area contributed by atoms with Crippen molar-refractivity contribution >= 4 is 5.91 Å². The van der Waals surface area contributed by atoms with E-state index in [-0.39, 0.29) is 17.2 Å². The standard InChI is InChI=1S/C22H25N3O3/c1-22(2,3)18-6-4-16(5-7-18)21(26)25-11-8-15(9-12-25)19-23-24-20(28-19)17-10-13-27-14-17/h4-7,10,13-15H,8-9,11-12H2,1-3H3. The molecule has 1 aliphatic heterocycles. The third-order valence-electron chi connectivity index (χ3n) is 5.34. The lowest BCUT2D eigenvalue weighted by atomic mass is 9.86. The van der Waals surface area contributed by atoms with Gasteiger partial charge in [0.2, 0.25) is 5.89 Å². The Bertz CT molecular complexity index is 928. The van der Waals surface area contributed by atoms with Gasteiger partial charge >= 0.3 is 0 Å². The quantitative estimate of drug-likeness (QED) is 0.662. The minimum atomic E-state index is 0.0827. The van der Waals surface area contributed by atoms with Crippen LogP contribution in [0, 0.1) is 0 Å². The van der Waals surface area contributed by atoms with Gasteiger partial charge in [-0.15, -0.1) is 10.2 Å². The van der Waals surface area contributed by atoms with Gasteiger partial charge in [0.1, 0.15) is 6.26 Å². The summed E-state index contributed by atoms with van der Waals surface area (Å²) in [6.45, 7) is 7.89. The Morgan fingerprint density at radius 2 is 1.79 bits per heavy atom. The fourth-order valence-electron chi connectivity index (χ4n) is 3.53. The van der Waals surface area contributed by atoms with E-state index in [1.54, 1.807) is 18.6 Å². The van der Waals surface area contributed by atoms with Crippen LogP contribution in [0.25, 0.3) is 11.5 Å². The van der Waals surface area contributed by atoms with Gasteiger partial charge in [-0.3, -0.25) is 4.79 Å². The molecule has 28 heavy (non-hydrogen) atoms. The van der Waals surface area contributed by atoms with E-state index in [0.29, 0.717) is 24.9 Å². The molecule has 146 valence electrons. The molecule has 0 radical (unpaired) electrons. The molecule has 0 atom stereocenters. The molecule has 1 amide bonds. The SMILES string of the molecule is CC(C)(C)c1ccc(C(=O)N2CCC(c3nnc(-c4ccoc4)o3)CC2)cc1. The summed E-state index contributed by atoms with van der Waals surface area (Å²) in [7, 11) is 0. The Morgan fingerprint density at radius 3 is 2.39 bits per heavy atom. The monoisotopic (exact) mass is 379 g/mol. The first kappa shape index (κ1) is 18.5. The minimum absolute atomic E-state index is 0.0827. The van der Waals surface area contributed by atoms with Crippen molar-refractivity contribution in [3.63, 3.8) is 0 Å². The number of benzene rings is 1. The van der Waals surface area contributed by atoms with Gasteiger partial charge in [-0.2, -0.15) is 0 Å². The molecule has 2 aromatic heterocycles. The van der Waals surface area contributed by atoms with E-state index >= 15 is 0 Å². The molecule has 1 fully saturated rings. The molecule has 4 rings (SSSR count). The number of rotatable bonds is 3.